The normalized spacial score (nSPS) is 14.5. The number of rotatable bonds is 2. The van der Waals surface area contributed by atoms with Gasteiger partial charge in [0.2, 0.25) is 6.79 Å². The Labute approximate surface area is 81.8 Å². The average Bonchev–Trinajstić information content (AvgIpc) is 2.64. The highest BCUT2D eigenvalue weighted by atomic mass is 16.7. The van der Waals surface area contributed by atoms with Crippen molar-refractivity contribution in [2.24, 2.45) is 5.16 Å². The molecule has 0 unspecified atom stereocenters. The second-order valence-corrected chi connectivity index (χ2v) is 3.20. The minimum Gasteiger partial charge on any atom is -0.454 e. The monoisotopic (exact) mass is 193 g/mol. The second-order valence-electron chi connectivity index (χ2n) is 3.20. The van der Waals surface area contributed by atoms with Crippen molar-refractivity contribution >= 4 is 5.71 Å². The summed E-state index contributed by atoms with van der Waals surface area (Å²) in [7, 11) is 0. The van der Waals surface area contributed by atoms with Gasteiger partial charge in [0.05, 0.1) is 5.71 Å². The van der Waals surface area contributed by atoms with Crippen molar-refractivity contribution in [2.45, 2.75) is 13.3 Å². The van der Waals surface area contributed by atoms with E-state index in [4.69, 9.17) is 14.7 Å². The molecule has 0 amide bonds. The maximum absolute atomic E-state index is 8.52. The Bertz CT molecular complexity index is 374. The van der Waals surface area contributed by atoms with Crippen LogP contribution in [0, 0.1) is 0 Å². The third-order valence-electron chi connectivity index (χ3n) is 2.07. The molecule has 2 rings (SSSR count). The number of nitrogens with zero attached hydrogens (tertiary/aromatic N) is 1. The zero-order valence-electron chi connectivity index (χ0n) is 7.86. The molecule has 1 aliphatic heterocycles. The highest BCUT2D eigenvalue weighted by Gasteiger charge is 2.13. The summed E-state index contributed by atoms with van der Waals surface area (Å²) in [6.07, 6.45) is 0.618. The fraction of sp³-hybridized carbons (Fsp3) is 0.300. The van der Waals surface area contributed by atoms with Crippen LogP contribution in [0.5, 0.6) is 11.5 Å². The predicted octanol–water partition coefficient (Wildman–Crippen LogP) is 1.81. The van der Waals surface area contributed by atoms with Crippen LogP contribution in [0.2, 0.25) is 0 Å². The summed E-state index contributed by atoms with van der Waals surface area (Å²) >= 11 is 0. The first-order valence-corrected chi connectivity index (χ1v) is 4.35. The van der Waals surface area contributed by atoms with E-state index in [2.05, 4.69) is 5.16 Å². The average molecular weight is 193 g/mol. The molecule has 1 aliphatic rings. The van der Waals surface area contributed by atoms with Crippen molar-refractivity contribution in [3.63, 3.8) is 0 Å². The molecule has 0 aromatic heterocycles. The summed E-state index contributed by atoms with van der Waals surface area (Å²) in [5, 5.41) is 11.6. The summed E-state index contributed by atoms with van der Waals surface area (Å²) in [6.45, 7) is 2.05. The maximum atomic E-state index is 8.52. The molecule has 0 saturated heterocycles. The fourth-order valence-electron chi connectivity index (χ4n) is 1.38. The van der Waals surface area contributed by atoms with Crippen molar-refractivity contribution < 1.29 is 14.7 Å². The van der Waals surface area contributed by atoms with Crippen molar-refractivity contribution in [3.8, 4) is 11.5 Å². The van der Waals surface area contributed by atoms with E-state index < -0.39 is 0 Å². The molecule has 1 aromatic rings. The van der Waals surface area contributed by atoms with E-state index in [9.17, 15) is 0 Å². The molecular formula is C10H11NO3. The molecule has 0 radical (unpaired) electrons. The van der Waals surface area contributed by atoms with Gasteiger partial charge in [-0.1, -0.05) is 11.2 Å². The van der Waals surface area contributed by atoms with E-state index >= 15 is 0 Å². The highest BCUT2D eigenvalue weighted by Crippen LogP contribution is 2.32. The molecular weight excluding hydrogens is 182 g/mol. The Balaban J connectivity index is 2.21. The third-order valence-corrected chi connectivity index (χ3v) is 2.07. The van der Waals surface area contributed by atoms with Crippen LogP contribution in [0.25, 0.3) is 0 Å². The van der Waals surface area contributed by atoms with E-state index in [1.165, 1.54) is 0 Å². The van der Waals surface area contributed by atoms with Gasteiger partial charge in [0, 0.05) is 6.42 Å². The molecule has 74 valence electrons. The van der Waals surface area contributed by atoms with Crippen LogP contribution in [0.1, 0.15) is 12.5 Å². The molecule has 1 aromatic carbocycles. The lowest BCUT2D eigenvalue weighted by molar-refractivity contribution is 0.174. The smallest absolute Gasteiger partial charge is 0.231 e. The van der Waals surface area contributed by atoms with Gasteiger partial charge in [-0.3, -0.25) is 0 Å². The third kappa shape index (κ3) is 1.64. The number of hydrogen-bond donors (Lipinski definition) is 1. The molecule has 14 heavy (non-hydrogen) atoms. The van der Waals surface area contributed by atoms with E-state index in [0.717, 1.165) is 17.1 Å². The first kappa shape index (κ1) is 8.87. The predicted molar refractivity (Wildman–Crippen MR) is 51.2 cm³/mol. The van der Waals surface area contributed by atoms with E-state index in [1.54, 1.807) is 6.92 Å². The Morgan fingerprint density at radius 2 is 2.21 bits per heavy atom. The van der Waals surface area contributed by atoms with Crippen LogP contribution in [-0.4, -0.2) is 17.7 Å². The quantitative estimate of drug-likeness (QED) is 0.442. The van der Waals surface area contributed by atoms with Crippen molar-refractivity contribution in [1.82, 2.24) is 0 Å². The summed E-state index contributed by atoms with van der Waals surface area (Å²) in [5.41, 5.74) is 1.72. The summed E-state index contributed by atoms with van der Waals surface area (Å²) in [4.78, 5) is 0. The van der Waals surface area contributed by atoms with Gasteiger partial charge < -0.3 is 14.7 Å². The molecule has 0 saturated carbocycles. The largest absolute Gasteiger partial charge is 0.454 e. The lowest BCUT2D eigenvalue weighted by Crippen LogP contribution is -1.97. The fourth-order valence-corrected chi connectivity index (χ4v) is 1.38. The second kappa shape index (κ2) is 3.57. The topological polar surface area (TPSA) is 51.0 Å². The minimum absolute atomic E-state index is 0.284. The number of ether oxygens (including phenoxy) is 2. The van der Waals surface area contributed by atoms with Gasteiger partial charge in [0.1, 0.15) is 0 Å². The van der Waals surface area contributed by atoms with Crippen LogP contribution >= 0.6 is 0 Å². The van der Waals surface area contributed by atoms with Gasteiger partial charge in [-0.15, -0.1) is 0 Å². The van der Waals surface area contributed by atoms with E-state index in [1.807, 2.05) is 18.2 Å². The lowest BCUT2D eigenvalue weighted by atomic mass is 10.1. The highest BCUT2D eigenvalue weighted by molar-refractivity contribution is 5.83. The van der Waals surface area contributed by atoms with Crippen molar-refractivity contribution in [1.29, 1.82) is 0 Å². The van der Waals surface area contributed by atoms with Crippen LogP contribution in [0.3, 0.4) is 0 Å². The van der Waals surface area contributed by atoms with Crippen LogP contribution in [0.4, 0.5) is 0 Å². The minimum atomic E-state index is 0.284. The molecule has 0 fully saturated rings. The number of hydrogen-bond acceptors (Lipinski definition) is 4. The van der Waals surface area contributed by atoms with Gasteiger partial charge in [-0.25, -0.2) is 0 Å². The molecule has 1 heterocycles. The lowest BCUT2D eigenvalue weighted by Gasteiger charge is -2.01. The first-order chi connectivity index (χ1) is 6.79. The summed E-state index contributed by atoms with van der Waals surface area (Å²) < 4.78 is 10.4. The number of benzene rings is 1. The molecule has 0 atom stereocenters. The molecule has 0 aliphatic carbocycles. The molecule has 0 bridgehead atoms. The van der Waals surface area contributed by atoms with Crippen LogP contribution in [-0.2, 0) is 6.42 Å². The Hall–Kier alpha value is -1.71. The van der Waals surface area contributed by atoms with Crippen LogP contribution < -0.4 is 9.47 Å². The molecule has 0 spiro atoms. The van der Waals surface area contributed by atoms with E-state index in [-0.39, 0.29) is 6.79 Å². The van der Waals surface area contributed by atoms with Gasteiger partial charge >= 0.3 is 0 Å². The SMILES string of the molecule is C/C(Cc1ccc2c(c1)OCO2)=N/O. The Morgan fingerprint density at radius 3 is 3.00 bits per heavy atom. The molecule has 4 nitrogen and oxygen atoms in total. The van der Waals surface area contributed by atoms with Gasteiger partial charge in [-0.05, 0) is 24.6 Å². The van der Waals surface area contributed by atoms with Gasteiger partial charge in [0.15, 0.2) is 11.5 Å². The van der Waals surface area contributed by atoms with Gasteiger partial charge in [0.25, 0.3) is 0 Å². The zero-order chi connectivity index (χ0) is 9.97. The standard InChI is InChI=1S/C10H11NO3/c1-7(11-12)4-8-2-3-9-10(5-8)14-6-13-9/h2-3,5,12H,4,6H2,1H3/b11-7-. The Kier molecular flexibility index (Phi) is 2.26. The summed E-state index contributed by atoms with van der Waals surface area (Å²) in [6, 6.07) is 5.70. The summed E-state index contributed by atoms with van der Waals surface area (Å²) in [5.74, 6) is 1.53. The molecule has 4 heteroatoms. The van der Waals surface area contributed by atoms with Crippen molar-refractivity contribution in [3.05, 3.63) is 23.8 Å². The van der Waals surface area contributed by atoms with Gasteiger partial charge in [-0.2, -0.15) is 0 Å². The van der Waals surface area contributed by atoms with Crippen molar-refractivity contribution in [2.75, 3.05) is 6.79 Å². The van der Waals surface area contributed by atoms with Crippen LogP contribution in [0.15, 0.2) is 23.4 Å². The number of oxime groups is 1. The zero-order valence-corrected chi connectivity index (χ0v) is 7.86. The molecule has 1 N–H and O–H groups in total. The Morgan fingerprint density at radius 1 is 1.43 bits per heavy atom. The maximum Gasteiger partial charge on any atom is 0.231 e. The number of fused-ring (bicyclic) bond motifs is 1. The van der Waals surface area contributed by atoms with E-state index in [0.29, 0.717) is 12.1 Å². The first-order valence-electron chi connectivity index (χ1n) is 4.35.